The van der Waals surface area contributed by atoms with Gasteiger partial charge in [-0.2, -0.15) is 0 Å². The Labute approximate surface area is 73.3 Å². The molecule has 0 aliphatic carbocycles. The summed E-state index contributed by atoms with van der Waals surface area (Å²) >= 11 is 0. The molecule has 1 rings (SSSR count). The summed E-state index contributed by atoms with van der Waals surface area (Å²) in [4.78, 5) is 0. The van der Waals surface area contributed by atoms with Gasteiger partial charge in [0.15, 0.2) is 0 Å². The lowest BCUT2D eigenvalue weighted by atomic mass is 10.2. The van der Waals surface area contributed by atoms with Gasteiger partial charge in [0.05, 0.1) is 6.10 Å². The van der Waals surface area contributed by atoms with Crippen LogP contribution in [0.5, 0.6) is 5.88 Å². The van der Waals surface area contributed by atoms with E-state index in [1.165, 1.54) is 0 Å². The molecule has 0 aliphatic rings. The molecule has 0 N–H and O–H groups in total. The lowest BCUT2D eigenvalue weighted by Gasteiger charge is -2.12. The van der Waals surface area contributed by atoms with Crippen LogP contribution in [-0.4, -0.2) is 15.9 Å². The van der Waals surface area contributed by atoms with E-state index < -0.39 is 0 Å². The van der Waals surface area contributed by atoms with Gasteiger partial charge in [-0.25, -0.2) is 0 Å². The van der Waals surface area contributed by atoms with E-state index in [2.05, 4.69) is 18.9 Å². The Morgan fingerprint density at radius 3 is 2.58 bits per heavy atom. The minimum Gasteiger partial charge on any atom is -0.473 e. The molecular formula is C9H16N2O. The molecule has 0 aliphatic heterocycles. The van der Waals surface area contributed by atoms with Gasteiger partial charge in [0.25, 0.3) is 0 Å². The molecule has 3 nitrogen and oxygen atoms in total. The lowest BCUT2D eigenvalue weighted by molar-refractivity contribution is 0.183. The van der Waals surface area contributed by atoms with Crippen LogP contribution in [0.3, 0.4) is 0 Å². The monoisotopic (exact) mass is 168 g/mol. The van der Waals surface area contributed by atoms with Gasteiger partial charge in [-0.05, 0) is 12.8 Å². The Balaban J connectivity index is 2.50. The fourth-order valence-electron chi connectivity index (χ4n) is 1.08. The van der Waals surface area contributed by atoms with E-state index in [4.69, 9.17) is 4.74 Å². The maximum atomic E-state index is 5.60. The first-order valence-electron chi connectivity index (χ1n) is 4.42. The number of aromatic nitrogens is 2. The van der Waals surface area contributed by atoms with Crippen molar-refractivity contribution in [2.75, 3.05) is 0 Å². The molecule has 0 aromatic carbocycles. The summed E-state index contributed by atoms with van der Waals surface area (Å²) < 4.78 is 7.35. The van der Waals surface area contributed by atoms with Gasteiger partial charge < -0.3 is 4.74 Å². The third kappa shape index (κ3) is 2.26. The summed E-state index contributed by atoms with van der Waals surface area (Å²) in [6, 6.07) is 1.89. The summed E-state index contributed by atoms with van der Waals surface area (Å²) in [5.74, 6) is 0.728. The van der Waals surface area contributed by atoms with Gasteiger partial charge in [0.1, 0.15) is 0 Å². The van der Waals surface area contributed by atoms with Gasteiger partial charge in [-0.1, -0.05) is 13.8 Å². The summed E-state index contributed by atoms with van der Waals surface area (Å²) in [5, 5.41) is 4.14. The van der Waals surface area contributed by atoms with Crippen LogP contribution >= 0.6 is 0 Å². The van der Waals surface area contributed by atoms with Gasteiger partial charge in [0, 0.05) is 19.3 Å². The van der Waals surface area contributed by atoms with E-state index in [9.17, 15) is 0 Å². The Bertz CT molecular complexity index is 228. The number of hydrogen-bond acceptors (Lipinski definition) is 2. The molecule has 0 unspecified atom stereocenters. The quantitative estimate of drug-likeness (QED) is 0.687. The first-order valence-corrected chi connectivity index (χ1v) is 4.42. The highest BCUT2D eigenvalue weighted by Gasteiger charge is 2.05. The molecule has 1 heterocycles. The fourth-order valence-corrected chi connectivity index (χ4v) is 1.08. The molecular weight excluding hydrogens is 152 g/mol. The van der Waals surface area contributed by atoms with Crippen LogP contribution in [0, 0.1) is 0 Å². The predicted octanol–water partition coefficient (Wildman–Crippen LogP) is 1.99. The standard InChI is InChI=1S/C9H16N2O/c1-4-8(5-2)12-9-6-7-11(3)10-9/h6-8H,4-5H2,1-3H3. The highest BCUT2D eigenvalue weighted by molar-refractivity contribution is 5.05. The van der Waals surface area contributed by atoms with Crippen molar-refractivity contribution in [2.24, 2.45) is 7.05 Å². The van der Waals surface area contributed by atoms with Crippen molar-refractivity contribution in [1.82, 2.24) is 9.78 Å². The lowest BCUT2D eigenvalue weighted by Crippen LogP contribution is -2.13. The van der Waals surface area contributed by atoms with Gasteiger partial charge >= 0.3 is 0 Å². The molecule has 3 heteroatoms. The zero-order chi connectivity index (χ0) is 8.97. The van der Waals surface area contributed by atoms with Crippen molar-refractivity contribution in [3.8, 4) is 5.88 Å². The average Bonchev–Trinajstić information content (AvgIpc) is 2.47. The predicted molar refractivity (Wildman–Crippen MR) is 48.2 cm³/mol. The van der Waals surface area contributed by atoms with Crippen molar-refractivity contribution < 1.29 is 4.74 Å². The Kier molecular flexibility index (Phi) is 3.14. The molecule has 1 aromatic rings. The average molecular weight is 168 g/mol. The Morgan fingerprint density at radius 2 is 2.17 bits per heavy atom. The number of aryl methyl sites for hydroxylation is 1. The molecule has 0 spiro atoms. The summed E-state index contributed by atoms with van der Waals surface area (Å²) in [5.41, 5.74) is 0. The zero-order valence-corrected chi connectivity index (χ0v) is 7.95. The molecule has 0 saturated carbocycles. The molecule has 0 saturated heterocycles. The summed E-state index contributed by atoms with van der Waals surface area (Å²) in [7, 11) is 1.89. The van der Waals surface area contributed by atoms with Crippen molar-refractivity contribution in [3.63, 3.8) is 0 Å². The van der Waals surface area contributed by atoms with Crippen molar-refractivity contribution >= 4 is 0 Å². The van der Waals surface area contributed by atoms with E-state index in [1.807, 2.05) is 19.3 Å². The number of hydrogen-bond donors (Lipinski definition) is 0. The molecule has 0 amide bonds. The molecule has 68 valence electrons. The van der Waals surface area contributed by atoms with E-state index in [1.54, 1.807) is 4.68 Å². The molecule has 0 fully saturated rings. The third-order valence-corrected chi connectivity index (χ3v) is 1.89. The molecule has 0 bridgehead atoms. The van der Waals surface area contributed by atoms with Crippen LogP contribution in [0.25, 0.3) is 0 Å². The van der Waals surface area contributed by atoms with Crippen LogP contribution in [0.15, 0.2) is 12.3 Å². The normalized spacial score (nSPS) is 10.7. The maximum absolute atomic E-state index is 5.60. The third-order valence-electron chi connectivity index (χ3n) is 1.89. The summed E-state index contributed by atoms with van der Waals surface area (Å²) in [6.45, 7) is 4.24. The van der Waals surface area contributed by atoms with Gasteiger partial charge in [-0.3, -0.25) is 4.68 Å². The number of ether oxygens (including phenoxy) is 1. The largest absolute Gasteiger partial charge is 0.473 e. The van der Waals surface area contributed by atoms with Crippen LogP contribution in [0.2, 0.25) is 0 Å². The second-order valence-electron chi connectivity index (χ2n) is 2.88. The Hall–Kier alpha value is -0.990. The molecule has 0 radical (unpaired) electrons. The zero-order valence-electron chi connectivity index (χ0n) is 7.95. The van der Waals surface area contributed by atoms with E-state index >= 15 is 0 Å². The van der Waals surface area contributed by atoms with E-state index in [-0.39, 0.29) is 0 Å². The highest BCUT2D eigenvalue weighted by atomic mass is 16.5. The Morgan fingerprint density at radius 1 is 1.50 bits per heavy atom. The number of rotatable bonds is 4. The van der Waals surface area contributed by atoms with Gasteiger partial charge in [0.2, 0.25) is 5.88 Å². The maximum Gasteiger partial charge on any atom is 0.232 e. The first kappa shape index (κ1) is 9.10. The van der Waals surface area contributed by atoms with E-state index in [0.29, 0.717) is 6.10 Å². The topological polar surface area (TPSA) is 27.1 Å². The van der Waals surface area contributed by atoms with Crippen LogP contribution in [-0.2, 0) is 7.05 Å². The number of nitrogens with zero attached hydrogens (tertiary/aromatic N) is 2. The van der Waals surface area contributed by atoms with Crippen molar-refractivity contribution in [1.29, 1.82) is 0 Å². The second kappa shape index (κ2) is 4.14. The van der Waals surface area contributed by atoms with E-state index in [0.717, 1.165) is 18.7 Å². The van der Waals surface area contributed by atoms with Crippen LogP contribution in [0.1, 0.15) is 26.7 Å². The van der Waals surface area contributed by atoms with Crippen molar-refractivity contribution in [2.45, 2.75) is 32.8 Å². The minimum absolute atomic E-state index is 0.305. The molecule has 0 atom stereocenters. The van der Waals surface area contributed by atoms with Crippen molar-refractivity contribution in [3.05, 3.63) is 12.3 Å². The highest BCUT2D eigenvalue weighted by Crippen LogP contribution is 2.10. The fraction of sp³-hybridized carbons (Fsp3) is 0.667. The SMILES string of the molecule is CCC(CC)Oc1ccn(C)n1. The smallest absolute Gasteiger partial charge is 0.232 e. The summed E-state index contributed by atoms with van der Waals surface area (Å²) in [6.07, 6.45) is 4.26. The van der Waals surface area contributed by atoms with Gasteiger partial charge in [-0.15, -0.1) is 5.10 Å². The van der Waals surface area contributed by atoms with Crippen LogP contribution < -0.4 is 4.74 Å². The molecule has 12 heavy (non-hydrogen) atoms. The molecule has 1 aromatic heterocycles. The first-order chi connectivity index (χ1) is 5.76. The van der Waals surface area contributed by atoms with Crippen LogP contribution in [0.4, 0.5) is 0 Å². The second-order valence-corrected chi connectivity index (χ2v) is 2.88. The minimum atomic E-state index is 0.305.